The smallest absolute Gasteiger partial charge is 0.241 e. The zero-order valence-electron chi connectivity index (χ0n) is 10.3. The van der Waals surface area contributed by atoms with Gasteiger partial charge in [-0.05, 0) is 25.5 Å². The minimum Gasteiger partial charge on any atom is -0.476 e. The van der Waals surface area contributed by atoms with E-state index >= 15 is 0 Å². The van der Waals surface area contributed by atoms with Crippen LogP contribution in [-0.4, -0.2) is 23.5 Å². The molecule has 0 aliphatic rings. The van der Waals surface area contributed by atoms with Crippen LogP contribution in [0.3, 0.4) is 0 Å². The molecule has 0 saturated carbocycles. The molecule has 1 aromatic rings. The molecule has 0 aliphatic carbocycles. The van der Waals surface area contributed by atoms with Crippen molar-refractivity contribution in [1.29, 1.82) is 0 Å². The molecule has 1 atom stereocenters. The lowest BCUT2D eigenvalue weighted by atomic mass is 10.1. The summed E-state index contributed by atoms with van der Waals surface area (Å²) < 4.78 is 5.31. The van der Waals surface area contributed by atoms with E-state index in [0.29, 0.717) is 24.6 Å². The molecule has 94 valence electrons. The van der Waals surface area contributed by atoms with E-state index in [4.69, 9.17) is 10.5 Å². The Hall–Kier alpha value is -1.62. The first-order valence-corrected chi connectivity index (χ1v) is 5.83. The van der Waals surface area contributed by atoms with E-state index in [0.717, 1.165) is 6.42 Å². The van der Waals surface area contributed by atoms with Gasteiger partial charge < -0.3 is 15.8 Å². The average Bonchev–Trinajstić information content (AvgIpc) is 2.32. The number of aromatic nitrogens is 1. The number of hydrogen-bond donors (Lipinski definition) is 2. The molecule has 0 radical (unpaired) electrons. The van der Waals surface area contributed by atoms with E-state index in [2.05, 4.69) is 10.3 Å². The molecule has 0 bridgehead atoms. The summed E-state index contributed by atoms with van der Waals surface area (Å²) in [7, 11) is 0. The van der Waals surface area contributed by atoms with Crippen molar-refractivity contribution in [2.24, 2.45) is 5.73 Å². The molecule has 0 spiro atoms. The summed E-state index contributed by atoms with van der Waals surface area (Å²) in [6.07, 6.45) is 3.16. The van der Waals surface area contributed by atoms with Crippen LogP contribution in [0.25, 0.3) is 0 Å². The Bertz CT molecular complexity index is 369. The number of pyridine rings is 1. The lowest BCUT2D eigenvalue weighted by molar-refractivity contribution is -0.117. The van der Waals surface area contributed by atoms with Crippen LogP contribution in [0.15, 0.2) is 18.3 Å². The Balaban J connectivity index is 2.70. The van der Waals surface area contributed by atoms with Gasteiger partial charge in [-0.25, -0.2) is 4.98 Å². The summed E-state index contributed by atoms with van der Waals surface area (Å²) in [5.41, 5.74) is 6.29. The van der Waals surface area contributed by atoms with Gasteiger partial charge in [0.25, 0.3) is 0 Å². The van der Waals surface area contributed by atoms with Gasteiger partial charge in [-0.3, -0.25) is 4.79 Å². The number of ether oxygens (including phenoxy) is 1. The topological polar surface area (TPSA) is 77.2 Å². The molecule has 5 nitrogen and oxygen atoms in total. The lowest BCUT2D eigenvalue weighted by Gasteiger charge is -2.13. The molecule has 5 heteroatoms. The molecular formula is C12H19N3O2. The summed E-state index contributed by atoms with van der Waals surface area (Å²) in [5, 5.41) is 2.73. The maximum atomic E-state index is 11.7. The van der Waals surface area contributed by atoms with Crippen molar-refractivity contribution in [2.75, 3.05) is 11.9 Å². The van der Waals surface area contributed by atoms with Crippen LogP contribution in [0.1, 0.15) is 26.7 Å². The van der Waals surface area contributed by atoms with Gasteiger partial charge in [0, 0.05) is 6.20 Å². The summed E-state index contributed by atoms with van der Waals surface area (Å²) in [5.74, 6) is 0.216. The predicted molar refractivity (Wildman–Crippen MR) is 66.9 cm³/mol. The highest BCUT2D eigenvalue weighted by molar-refractivity contribution is 5.95. The van der Waals surface area contributed by atoms with Gasteiger partial charge in [0.2, 0.25) is 11.8 Å². The Morgan fingerprint density at radius 1 is 1.59 bits per heavy atom. The lowest BCUT2D eigenvalue weighted by Crippen LogP contribution is -2.35. The van der Waals surface area contributed by atoms with Crippen LogP contribution >= 0.6 is 0 Å². The number of carbonyl (C=O) groups excluding carboxylic acids is 1. The normalized spacial score (nSPS) is 11.9. The Labute approximate surface area is 101 Å². The third kappa shape index (κ3) is 4.03. The summed E-state index contributed by atoms with van der Waals surface area (Å²) >= 11 is 0. The largest absolute Gasteiger partial charge is 0.476 e. The van der Waals surface area contributed by atoms with Gasteiger partial charge >= 0.3 is 0 Å². The van der Waals surface area contributed by atoms with Gasteiger partial charge in [0.05, 0.1) is 12.6 Å². The number of rotatable bonds is 6. The fraction of sp³-hybridized carbons (Fsp3) is 0.500. The average molecular weight is 237 g/mol. The Kier molecular flexibility index (Phi) is 5.42. The molecule has 1 amide bonds. The first-order valence-electron chi connectivity index (χ1n) is 5.83. The minimum atomic E-state index is -0.491. The second-order valence-electron chi connectivity index (χ2n) is 3.67. The van der Waals surface area contributed by atoms with Crippen molar-refractivity contribution in [3.63, 3.8) is 0 Å². The predicted octanol–water partition coefficient (Wildman–Crippen LogP) is 1.55. The van der Waals surface area contributed by atoms with Crippen LogP contribution in [0, 0.1) is 0 Å². The second-order valence-corrected chi connectivity index (χ2v) is 3.67. The number of amides is 1. The number of nitrogens with two attached hydrogens (primary N) is 1. The zero-order chi connectivity index (χ0) is 12.7. The SMILES string of the molecule is CCC[C@@H](N)C(=O)Nc1cccnc1OCC. The van der Waals surface area contributed by atoms with Gasteiger partial charge in [-0.2, -0.15) is 0 Å². The minimum absolute atomic E-state index is 0.208. The van der Waals surface area contributed by atoms with Gasteiger partial charge in [-0.1, -0.05) is 13.3 Å². The molecule has 1 aromatic heterocycles. The van der Waals surface area contributed by atoms with Crippen molar-refractivity contribution in [2.45, 2.75) is 32.7 Å². The molecule has 0 unspecified atom stereocenters. The van der Waals surface area contributed by atoms with E-state index in [1.54, 1.807) is 18.3 Å². The van der Waals surface area contributed by atoms with Crippen molar-refractivity contribution >= 4 is 11.6 Å². The van der Waals surface area contributed by atoms with Crippen LogP contribution < -0.4 is 15.8 Å². The van der Waals surface area contributed by atoms with Gasteiger partial charge in [0.1, 0.15) is 5.69 Å². The molecule has 17 heavy (non-hydrogen) atoms. The number of carbonyl (C=O) groups is 1. The van der Waals surface area contributed by atoms with Crippen LogP contribution in [-0.2, 0) is 4.79 Å². The molecule has 0 saturated heterocycles. The van der Waals surface area contributed by atoms with E-state index in [-0.39, 0.29) is 5.91 Å². The van der Waals surface area contributed by atoms with E-state index in [1.807, 2.05) is 13.8 Å². The second kappa shape index (κ2) is 6.85. The first-order chi connectivity index (χ1) is 8.19. The van der Waals surface area contributed by atoms with E-state index < -0.39 is 6.04 Å². The zero-order valence-corrected chi connectivity index (χ0v) is 10.3. The molecule has 1 heterocycles. The fourth-order valence-corrected chi connectivity index (χ4v) is 1.41. The summed E-state index contributed by atoms with van der Waals surface area (Å²) in [6, 6.07) is 2.99. The molecular weight excluding hydrogens is 218 g/mol. The number of nitrogens with one attached hydrogen (secondary N) is 1. The third-order valence-corrected chi connectivity index (χ3v) is 2.25. The molecule has 0 aromatic carbocycles. The number of hydrogen-bond acceptors (Lipinski definition) is 4. The van der Waals surface area contributed by atoms with Crippen molar-refractivity contribution in [1.82, 2.24) is 4.98 Å². The van der Waals surface area contributed by atoms with E-state index in [1.165, 1.54) is 0 Å². The Morgan fingerprint density at radius 2 is 2.35 bits per heavy atom. The number of nitrogens with zero attached hydrogens (tertiary/aromatic N) is 1. The summed E-state index contributed by atoms with van der Waals surface area (Å²) in [4.78, 5) is 15.8. The van der Waals surface area contributed by atoms with Crippen molar-refractivity contribution in [3.8, 4) is 5.88 Å². The molecule has 0 aliphatic heterocycles. The van der Waals surface area contributed by atoms with Crippen LogP contribution in [0.2, 0.25) is 0 Å². The van der Waals surface area contributed by atoms with Crippen molar-refractivity contribution < 1.29 is 9.53 Å². The maximum absolute atomic E-state index is 11.7. The third-order valence-electron chi connectivity index (χ3n) is 2.25. The molecule has 1 rings (SSSR count). The highest BCUT2D eigenvalue weighted by Crippen LogP contribution is 2.20. The molecule has 3 N–H and O–H groups in total. The fourth-order valence-electron chi connectivity index (χ4n) is 1.41. The summed E-state index contributed by atoms with van der Waals surface area (Å²) in [6.45, 7) is 4.35. The highest BCUT2D eigenvalue weighted by atomic mass is 16.5. The van der Waals surface area contributed by atoms with E-state index in [9.17, 15) is 4.79 Å². The Morgan fingerprint density at radius 3 is 3.00 bits per heavy atom. The number of anilines is 1. The maximum Gasteiger partial charge on any atom is 0.241 e. The standard InChI is InChI=1S/C12H19N3O2/c1-3-6-9(13)11(16)15-10-7-5-8-14-12(10)17-4-2/h5,7-9H,3-4,6,13H2,1-2H3,(H,15,16)/t9-/m1/s1. The monoisotopic (exact) mass is 237 g/mol. The van der Waals surface area contributed by atoms with Crippen molar-refractivity contribution in [3.05, 3.63) is 18.3 Å². The van der Waals surface area contributed by atoms with Gasteiger partial charge in [-0.15, -0.1) is 0 Å². The molecule has 0 fully saturated rings. The van der Waals surface area contributed by atoms with Crippen LogP contribution in [0.5, 0.6) is 5.88 Å². The quantitative estimate of drug-likeness (QED) is 0.787. The van der Waals surface area contributed by atoms with Crippen LogP contribution in [0.4, 0.5) is 5.69 Å². The van der Waals surface area contributed by atoms with Gasteiger partial charge in [0.15, 0.2) is 0 Å². The first kappa shape index (κ1) is 13.4. The highest BCUT2D eigenvalue weighted by Gasteiger charge is 2.14.